The topological polar surface area (TPSA) is 82.1 Å². The number of imide groups is 1. The van der Waals surface area contributed by atoms with Gasteiger partial charge in [-0.2, -0.15) is 0 Å². The number of hydrogen-bond acceptors (Lipinski definition) is 6. The molecule has 1 aliphatic heterocycles. The van der Waals surface area contributed by atoms with Crippen molar-refractivity contribution >= 4 is 19.6 Å². The SMILES string of the molecule is CCOP(=O)(CC(=O)N1C(=O)OC[C@H]1c1ccccc1)OCC. The molecule has 1 aliphatic rings. The van der Waals surface area contributed by atoms with E-state index in [2.05, 4.69) is 0 Å². The van der Waals surface area contributed by atoms with E-state index < -0.39 is 31.8 Å². The first-order valence-electron chi connectivity index (χ1n) is 7.42. The molecule has 1 atom stereocenters. The molecule has 8 heteroatoms. The standard InChI is InChI=1S/C15H20NO6P/c1-3-21-23(19,22-4-2)11-14(17)16-13(10-20-15(16)18)12-8-6-5-7-9-12/h5-9,13H,3-4,10-11H2,1-2H3/t13-/m0/s1. The lowest BCUT2D eigenvalue weighted by molar-refractivity contribution is -0.126. The number of carbonyl (C=O) groups excluding carboxylic acids is 2. The van der Waals surface area contributed by atoms with Crippen LogP contribution in [0, 0.1) is 0 Å². The van der Waals surface area contributed by atoms with Gasteiger partial charge in [0.1, 0.15) is 18.8 Å². The highest BCUT2D eigenvalue weighted by atomic mass is 31.2. The summed E-state index contributed by atoms with van der Waals surface area (Å²) in [6.07, 6.45) is -1.24. The van der Waals surface area contributed by atoms with Crippen LogP contribution in [0.15, 0.2) is 30.3 Å². The Labute approximate surface area is 135 Å². The average molecular weight is 341 g/mol. The van der Waals surface area contributed by atoms with Crippen molar-refractivity contribution < 1.29 is 27.9 Å². The highest BCUT2D eigenvalue weighted by Gasteiger charge is 2.42. The number of cyclic esters (lactones) is 1. The molecule has 0 saturated carbocycles. The van der Waals surface area contributed by atoms with E-state index in [1.165, 1.54) is 0 Å². The molecule has 2 rings (SSSR count). The molecule has 1 aromatic carbocycles. The van der Waals surface area contributed by atoms with Gasteiger partial charge in [0.15, 0.2) is 0 Å². The first-order valence-corrected chi connectivity index (χ1v) is 9.15. The maximum atomic E-state index is 12.5. The zero-order valence-electron chi connectivity index (χ0n) is 13.1. The number of ether oxygens (including phenoxy) is 1. The third-order valence-corrected chi connectivity index (χ3v) is 5.27. The van der Waals surface area contributed by atoms with Crippen molar-refractivity contribution in [1.29, 1.82) is 0 Å². The molecule has 0 N–H and O–H groups in total. The third kappa shape index (κ3) is 4.19. The maximum Gasteiger partial charge on any atom is 0.417 e. The minimum Gasteiger partial charge on any atom is -0.446 e. The van der Waals surface area contributed by atoms with Crippen LogP contribution in [0.2, 0.25) is 0 Å². The molecule has 0 bridgehead atoms. The van der Waals surface area contributed by atoms with Crippen molar-refractivity contribution in [3.63, 3.8) is 0 Å². The summed E-state index contributed by atoms with van der Waals surface area (Å²) in [6.45, 7) is 3.69. The molecule has 2 amide bonds. The number of rotatable bonds is 7. The van der Waals surface area contributed by atoms with Crippen LogP contribution in [0.5, 0.6) is 0 Å². The Morgan fingerprint density at radius 3 is 2.43 bits per heavy atom. The van der Waals surface area contributed by atoms with Crippen LogP contribution in [0.1, 0.15) is 25.5 Å². The zero-order valence-corrected chi connectivity index (χ0v) is 14.0. The molecular formula is C15H20NO6P. The molecule has 126 valence electrons. The Morgan fingerprint density at radius 1 is 1.26 bits per heavy atom. The highest BCUT2D eigenvalue weighted by Crippen LogP contribution is 2.48. The first kappa shape index (κ1) is 17.7. The van der Waals surface area contributed by atoms with E-state index in [-0.39, 0.29) is 19.8 Å². The average Bonchev–Trinajstić information content (AvgIpc) is 2.90. The van der Waals surface area contributed by atoms with Gasteiger partial charge in [0.2, 0.25) is 5.91 Å². The normalized spacial score (nSPS) is 18.1. The third-order valence-electron chi connectivity index (χ3n) is 3.31. The highest BCUT2D eigenvalue weighted by molar-refractivity contribution is 7.54. The van der Waals surface area contributed by atoms with Gasteiger partial charge in [0.25, 0.3) is 0 Å². The Balaban J connectivity index is 2.18. The number of amides is 2. The van der Waals surface area contributed by atoms with Crippen LogP contribution in [-0.2, 0) is 23.1 Å². The van der Waals surface area contributed by atoms with Gasteiger partial charge in [-0.25, -0.2) is 9.69 Å². The predicted octanol–water partition coefficient (Wildman–Crippen LogP) is 2.97. The van der Waals surface area contributed by atoms with E-state index in [9.17, 15) is 14.2 Å². The van der Waals surface area contributed by atoms with Crippen LogP contribution < -0.4 is 0 Å². The molecule has 0 aliphatic carbocycles. The summed E-state index contributed by atoms with van der Waals surface area (Å²) in [5, 5.41) is 0. The second-order valence-electron chi connectivity index (χ2n) is 4.87. The lowest BCUT2D eigenvalue weighted by Crippen LogP contribution is -2.36. The van der Waals surface area contributed by atoms with Crippen molar-refractivity contribution in [2.24, 2.45) is 0 Å². The quantitative estimate of drug-likeness (QED) is 0.709. The maximum absolute atomic E-state index is 12.5. The van der Waals surface area contributed by atoms with Crippen molar-refractivity contribution in [2.75, 3.05) is 26.0 Å². The lowest BCUT2D eigenvalue weighted by Gasteiger charge is -2.22. The van der Waals surface area contributed by atoms with E-state index in [1.54, 1.807) is 26.0 Å². The second-order valence-corrected chi connectivity index (χ2v) is 6.93. The summed E-state index contributed by atoms with van der Waals surface area (Å²) in [6, 6.07) is 8.53. The minimum atomic E-state index is -3.57. The number of benzene rings is 1. The minimum absolute atomic E-state index is 0.0716. The van der Waals surface area contributed by atoms with Gasteiger partial charge in [-0.3, -0.25) is 9.36 Å². The zero-order chi connectivity index (χ0) is 16.9. The smallest absolute Gasteiger partial charge is 0.417 e. The molecule has 1 aromatic rings. The molecule has 0 aromatic heterocycles. The fourth-order valence-corrected chi connectivity index (χ4v) is 3.91. The second kappa shape index (κ2) is 7.73. The molecule has 23 heavy (non-hydrogen) atoms. The summed E-state index contributed by atoms with van der Waals surface area (Å²) in [5.41, 5.74) is 0.773. The monoisotopic (exact) mass is 341 g/mol. The number of nitrogens with zero attached hydrogens (tertiary/aromatic N) is 1. The molecule has 0 radical (unpaired) electrons. The van der Waals surface area contributed by atoms with Crippen LogP contribution in [0.4, 0.5) is 4.79 Å². The molecule has 1 saturated heterocycles. The molecule has 7 nitrogen and oxygen atoms in total. The fourth-order valence-electron chi connectivity index (χ4n) is 2.38. The molecule has 1 heterocycles. The van der Waals surface area contributed by atoms with Crippen LogP contribution >= 0.6 is 7.60 Å². The van der Waals surface area contributed by atoms with E-state index in [0.29, 0.717) is 0 Å². The van der Waals surface area contributed by atoms with Gasteiger partial charge in [0, 0.05) is 0 Å². The molecule has 1 fully saturated rings. The Morgan fingerprint density at radius 2 is 1.87 bits per heavy atom. The van der Waals surface area contributed by atoms with Crippen LogP contribution in [0.3, 0.4) is 0 Å². The first-order chi connectivity index (χ1) is 11.0. The van der Waals surface area contributed by atoms with Gasteiger partial charge < -0.3 is 13.8 Å². The van der Waals surface area contributed by atoms with Crippen molar-refractivity contribution in [1.82, 2.24) is 4.90 Å². The summed E-state index contributed by atoms with van der Waals surface area (Å²) in [7, 11) is -3.57. The van der Waals surface area contributed by atoms with E-state index >= 15 is 0 Å². The van der Waals surface area contributed by atoms with Crippen molar-refractivity contribution in [2.45, 2.75) is 19.9 Å². The Hall–Kier alpha value is -1.69. The van der Waals surface area contributed by atoms with Crippen LogP contribution in [0.25, 0.3) is 0 Å². The Kier molecular flexibility index (Phi) is 5.93. The van der Waals surface area contributed by atoms with E-state index in [4.69, 9.17) is 13.8 Å². The summed E-state index contributed by atoms with van der Waals surface area (Å²) in [5.74, 6) is -0.633. The van der Waals surface area contributed by atoms with Crippen LogP contribution in [-0.4, -0.2) is 42.9 Å². The van der Waals surface area contributed by atoms with E-state index in [1.807, 2.05) is 18.2 Å². The summed E-state index contributed by atoms with van der Waals surface area (Å²) in [4.78, 5) is 25.4. The van der Waals surface area contributed by atoms with Gasteiger partial charge in [-0.15, -0.1) is 0 Å². The largest absolute Gasteiger partial charge is 0.446 e. The van der Waals surface area contributed by atoms with Crippen molar-refractivity contribution in [3.8, 4) is 0 Å². The van der Waals surface area contributed by atoms with Gasteiger partial charge >= 0.3 is 13.7 Å². The summed E-state index contributed by atoms with van der Waals surface area (Å²) < 4.78 is 27.7. The lowest BCUT2D eigenvalue weighted by atomic mass is 10.1. The van der Waals surface area contributed by atoms with Crippen molar-refractivity contribution in [3.05, 3.63) is 35.9 Å². The van der Waals surface area contributed by atoms with E-state index in [0.717, 1.165) is 10.5 Å². The van der Waals surface area contributed by atoms with Gasteiger partial charge in [-0.05, 0) is 19.4 Å². The number of hydrogen-bond donors (Lipinski definition) is 0. The summed E-state index contributed by atoms with van der Waals surface area (Å²) >= 11 is 0. The molecule has 0 unspecified atom stereocenters. The molecular weight excluding hydrogens is 321 g/mol. The predicted molar refractivity (Wildman–Crippen MR) is 83.1 cm³/mol. The van der Waals surface area contributed by atoms with Gasteiger partial charge in [-0.1, -0.05) is 30.3 Å². The van der Waals surface area contributed by atoms with Gasteiger partial charge in [0.05, 0.1) is 13.2 Å². The Bertz CT molecular complexity index is 595. The fraction of sp³-hybridized carbons (Fsp3) is 0.467. The molecule has 0 spiro atoms. The number of carbonyl (C=O) groups is 2.